The summed E-state index contributed by atoms with van der Waals surface area (Å²) in [6.07, 6.45) is 0.792. The Morgan fingerprint density at radius 3 is 2.34 bits per heavy atom. The molecule has 0 radical (unpaired) electrons. The van der Waals surface area contributed by atoms with Crippen molar-refractivity contribution >= 4 is 40.5 Å². The zero-order valence-electron chi connectivity index (χ0n) is 23.3. The number of carbonyl (C=O) groups is 1. The Labute approximate surface area is 226 Å². The third-order valence-corrected chi connectivity index (χ3v) is 7.06. The molecule has 2 aromatic carbocycles. The molecule has 0 fully saturated rings. The zero-order chi connectivity index (χ0) is 28.8. The Balaban J connectivity index is 2.36. The second-order valence-electron chi connectivity index (χ2n) is 11.3. The second kappa shape index (κ2) is 12.8. The molecule has 5 nitrogen and oxygen atoms in total. The first-order valence-corrected chi connectivity index (χ1v) is 18.6. The lowest BCUT2D eigenvalue weighted by molar-refractivity contribution is -0.0390. The van der Waals surface area contributed by atoms with Gasteiger partial charge in [0.1, 0.15) is 20.5 Å². The van der Waals surface area contributed by atoms with E-state index >= 15 is 4.39 Å². The van der Waals surface area contributed by atoms with Crippen LogP contribution in [0.5, 0.6) is 0 Å². The van der Waals surface area contributed by atoms with Gasteiger partial charge < -0.3 is 9.74 Å². The predicted octanol–water partition coefficient (Wildman–Crippen LogP) is 6.80. The Morgan fingerprint density at radius 2 is 1.82 bits per heavy atom. The fourth-order valence-corrected chi connectivity index (χ4v) is 4.91. The molecule has 2 N–H and O–H groups in total. The monoisotopic (exact) mass is 562 g/mol. The van der Waals surface area contributed by atoms with Crippen LogP contribution in [0.15, 0.2) is 30.8 Å². The van der Waals surface area contributed by atoms with Crippen LogP contribution in [0.1, 0.15) is 42.3 Å². The van der Waals surface area contributed by atoms with Crippen LogP contribution in [-0.4, -0.2) is 35.7 Å². The topological polar surface area (TPSA) is 59.6 Å². The van der Waals surface area contributed by atoms with Crippen LogP contribution < -0.4 is 10.8 Å². The van der Waals surface area contributed by atoms with E-state index < -0.39 is 46.2 Å². The summed E-state index contributed by atoms with van der Waals surface area (Å²) in [5.41, 5.74) is 4.43. The Bertz CT molecular complexity index is 1240. The largest absolute Gasteiger partial charge is 0.415 e. The molecule has 206 valence electrons. The summed E-state index contributed by atoms with van der Waals surface area (Å²) < 4.78 is 50.6. The van der Waals surface area contributed by atoms with Crippen molar-refractivity contribution in [2.24, 2.45) is 5.41 Å². The van der Waals surface area contributed by atoms with E-state index in [0.29, 0.717) is 5.56 Å². The number of hydrogen-bond donors (Lipinski definition) is 2. The molecule has 0 bridgehead atoms. The summed E-state index contributed by atoms with van der Waals surface area (Å²) in [7, 11) is -3.07. The first kappa shape index (κ1) is 31.4. The zero-order valence-corrected chi connectivity index (χ0v) is 25.5. The molecule has 0 aliphatic heterocycles. The first-order valence-electron chi connectivity index (χ1n) is 12.3. The standard InChI is InChI=1S/C28H37F3N2O3Si2/c1-10-19-16-20(27(34)33-35-17-23(28(2,3)4)36-37(5)6)26(25(31)24(19)30)32-22-12-11-18(15-21(22)29)13-14-38(7,8)9/h10-12,15-16,23,32,37H,1,17H2,2-9H3,(H,33,34). The van der Waals surface area contributed by atoms with Crippen molar-refractivity contribution in [3.63, 3.8) is 0 Å². The number of carbonyl (C=O) groups excluding carboxylic acids is 1. The highest BCUT2D eigenvalue weighted by Crippen LogP contribution is 2.31. The number of benzene rings is 2. The van der Waals surface area contributed by atoms with E-state index in [1.165, 1.54) is 12.1 Å². The molecule has 0 saturated carbocycles. The van der Waals surface area contributed by atoms with E-state index in [1.807, 2.05) is 33.9 Å². The summed E-state index contributed by atoms with van der Waals surface area (Å²) in [5.74, 6) is -1.20. The summed E-state index contributed by atoms with van der Waals surface area (Å²) in [4.78, 5) is 18.4. The van der Waals surface area contributed by atoms with Gasteiger partial charge in [0.2, 0.25) is 0 Å². The van der Waals surface area contributed by atoms with Crippen molar-refractivity contribution in [1.29, 1.82) is 0 Å². The minimum absolute atomic E-state index is 0.0513. The average Bonchev–Trinajstić information content (AvgIpc) is 2.80. The molecular weight excluding hydrogens is 525 g/mol. The molecule has 2 rings (SSSR count). The Hall–Kier alpha value is -2.85. The molecule has 0 spiro atoms. The third kappa shape index (κ3) is 8.87. The summed E-state index contributed by atoms with van der Waals surface area (Å²) in [5, 5.41) is 2.53. The molecule has 2 aromatic rings. The van der Waals surface area contributed by atoms with Gasteiger partial charge in [0.15, 0.2) is 20.7 Å². The lowest BCUT2D eigenvalue weighted by Gasteiger charge is -2.32. The SMILES string of the molecule is C=Cc1cc(C(=O)NOCC(O[SiH](C)C)C(C)(C)C)c(Nc2ccc(C#C[Si](C)(C)C)cc2F)c(F)c1F. The number of nitrogens with one attached hydrogen (secondary N) is 2. The number of anilines is 2. The van der Waals surface area contributed by atoms with Crippen molar-refractivity contribution in [2.45, 2.75) is 59.6 Å². The lowest BCUT2D eigenvalue weighted by Crippen LogP contribution is -2.39. The molecule has 0 heterocycles. The number of halogens is 3. The highest BCUT2D eigenvalue weighted by molar-refractivity contribution is 6.83. The third-order valence-electron chi connectivity index (χ3n) is 5.31. The summed E-state index contributed by atoms with van der Waals surface area (Å²) in [6, 6.07) is 5.26. The lowest BCUT2D eigenvalue weighted by atomic mass is 9.90. The summed E-state index contributed by atoms with van der Waals surface area (Å²) in [6.45, 7) is 19.7. The molecule has 1 amide bonds. The quantitative estimate of drug-likeness (QED) is 0.201. The van der Waals surface area contributed by atoms with Gasteiger partial charge >= 0.3 is 0 Å². The maximum Gasteiger partial charge on any atom is 0.277 e. The van der Waals surface area contributed by atoms with Gasteiger partial charge in [-0.1, -0.05) is 59.0 Å². The molecule has 38 heavy (non-hydrogen) atoms. The Morgan fingerprint density at radius 1 is 1.16 bits per heavy atom. The molecule has 1 atom stereocenters. The van der Waals surface area contributed by atoms with Crippen LogP contribution in [-0.2, 0) is 9.26 Å². The van der Waals surface area contributed by atoms with E-state index in [9.17, 15) is 13.6 Å². The highest BCUT2D eigenvalue weighted by atomic mass is 28.3. The Kier molecular flexibility index (Phi) is 10.6. The first-order chi connectivity index (χ1) is 17.5. The molecular formula is C28H37F3N2O3Si2. The molecule has 10 heteroatoms. The van der Waals surface area contributed by atoms with E-state index in [4.69, 9.17) is 9.26 Å². The van der Waals surface area contributed by atoms with Crippen molar-refractivity contribution in [3.05, 3.63) is 65.0 Å². The van der Waals surface area contributed by atoms with Gasteiger partial charge in [-0.05, 0) is 42.8 Å². The smallest absolute Gasteiger partial charge is 0.277 e. The number of hydroxylamine groups is 1. The van der Waals surface area contributed by atoms with Crippen LogP contribution in [0.4, 0.5) is 24.5 Å². The van der Waals surface area contributed by atoms with E-state index in [2.05, 4.69) is 48.5 Å². The van der Waals surface area contributed by atoms with Gasteiger partial charge in [0.05, 0.1) is 23.0 Å². The average molecular weight is 563 g/mol. The van der Waals surface area contributed by atoms with Crippen LogP contribution in [0.2, 0.25) is 32.7 Å². The molecule has 0 aromatic heterocycles. The van der Waals surface area contributed by atoms with Gasteiger partial charge in [-0.2, -0.15) is 0 Å². The van der Waals surface area contributed by atoms with Crippen molar-refractivity contribution < 1.29 is 27.2 Å². The fourth-order valence-electron chi connectivity index (χ4n) is 3.24. The van der Waals surface area contributed by atoms with Gasteiger partial charge in [-0.25, -0.2) is 18.7 Å². The highest BCUT2D eigenvalue weighted by Gasteiger charge is 2.28. The van der Waals surface area contributed by atoms with Crippen molar-refractivity contribution in [3.8, 4) is 11.5 Å². The van der Waals surface area contributed by atoms with Crippen LogP contribution >= 0.6 is 0 Å². The maximum absolute atomic E-state index is 15.1. The van der Waals surface area contributed by atoms with Crippen LogP contribution in [0.25, 0.3) is 6.08 Å². The predicted molar refractivity (Wildman–Crippen MR) is 153 cm³/mol. The summed E-state index contributed by atoms with van der Waals surface area (Å²) >= 11 is 0. The second-order valence-corrected chi connectivity index (χ2v) is 18.4. The van der Waals surface area contributed by atoms with E-state index in [0.717, 1.165) is 12.1 Å². The van der Waals surface area contributed by atoms with Crippen LogP contribution in [0, 0.1) is 34.3 Å². The van der Waals surface area contributed by atoms with Gasteiger partial charge in [0, 0.05) is 11.1 Å². The molecule has 1 unspecified atom stereocenters. The number of rotatable bonds is 9. The van der Waals surface area contributed by atoms with E-state index in [-0.39, 0.29) is 34.9 Å². The molecule has 0 saturated heterocycles. The van der Waals surface area contributed by atoms with Crippen molar-refractivity contribution in [2.75, 3.05) is 11.9 Å². The minimum Gasteiger partial charge on any atom is -0.415 e. The number of hydrogen-bond acceptors (Lipinski definition) is 4. The maximum atomic E-state index is 15.1. The van der Waals surface area contributed by atoms with Crippen molar-refractivity contribution in [1.82, 2.24) is 5.48 Å². The fraction of sp³-hybridized carbons (Fsp3) is 0.393. The van der Waals surface area contributed by atoms with Gasteiger partial charge in [-0.3, -0.25) is 9.63 Å². The molecule has 0 aliphatic carbocycles. The van der Waals surface area contributed by atoms with Gasteiger partial charge in [-0.15, -0.1) is 5.54 Å². The number of amides is 1. The van der Waals surface area contributed by atoms with E-state index in [1.54, 1.807) is 6.07 Å². The van der Waals surface area contributed by atoms with Crippen LogP contribution in [0.3, 0.4) is 0 Å². The normalized spacial score (nSPS) is 12.5. The molecule has 0 aliphatic rings. The van der Waals surface area contributed by atoms with Gasteiger partial charge in [0.25, 0.3) is 5.91 Å². The minimum atomic E-state index is -1.67.